The Morgan fingerprint density at radius 3 is 1.06 bits per heavy atom. The zero-order valence-electron chi connectivity index (χ0n) is 8.99. The van der Waals surface area contributed by atoms with Gasteiger partial charge in [0.15, 0.2) is 0 Å². The smallest absolute Gasteiger partial charge is 0.790 e. The summed E-state index contributed by atoms with van der Waals surface area (Å²) in [6.07, 6.45) is 0. The van der Waals surface area contributed by atoms with E-state index in [0.717, 1.165) is 26.2 Å². The van der Waals surface area contributed by atoms with E-state index >= 15 is 0 Å². The van der Waals surface area contributed by atoms with Crippen LogP contribution < -0.4 is 30.2 Å². The largest absolute Gasteiger partial charge is 2.00 e. The summed E-state index contributed by atoms with van der Waals surface area (Å²) in [4.78, 5) is 37.3. The van der Waals surface area contributed by atoms with E-state index in [1.165, 1.54) is 0 Å². The molecule has 1 aliphatic heterocycles. The number of phosphoric acid groups is 2. The van der Waals surface area contributed by atoms with Gasteiger partial charge in [-0.05, 0) is 0 Å². The molecule has 13 heteroatoms. The molecule has 92 valence electrons. The van der Waals surface area contributed by atoms with Crippen molar-refractivity contribution in [1.82, 2.24) is 10.6 Å². The third-order valence-electron chi connectivity index (χ3n) is 1.16. The van der Waals surface area contributed by atoms with Gasteiger partial charge >= 0.3 is 46.1 Å². The van der Waals surface area contributed by atoms with Gasteiger partial charge in [0.2, 0.25) is 0 Å². The average molecular weight is 309 g/mol. The molecule has 1 heterocycles. The quantitative estimate of drug-likeness (QED) is 0.376. The fourth-order valence-corrected chi connectivity index (χ4v) is 1.71. The minimum absolute atomic E-state index is 0. The number of hydrogen-bond donors (Lipinski definition) is 2. The first kappa shape index (κ1) is 23.8. The molecule has 1 aliphatic rings. The van der Waals surface area contributed by atoms with Gasteiger partial charge in [-0.2, -0.15) is 0 Å². The molecule has 1 saturated heterocycles. The van der Waals surface area contributed by atoms with Gasteiger partial charge in [0, 0.05) is 26.2 Å². The Labute approximate surface area is 131 Å². The molecule has 0 aromatic carbocycles. The minimum Gasteiger partial charge on any atom is -0.790 e. The standard InChI is InChI=1S/C4H10N2.2Mg.H4O7P2/c1-2-6-4-3-5-1;;;1-8(2,3)7-9(4,5)6/h5-6H,1-4H2;;;(H2,1,2,3)(H2,4,5,6)/q;2*+2;/p-4. The number of rotatable bonds is 2. The summed E-state index contributed by atoms with van der Waals surface area (Å²) in [5.41, 5.74) is 0. The topological polar surface area (TPSA) is 160 Å². The molecule has 0 radical (unpaired) electrons. The van der Waals surface area contributed by atoms with Crippen LogP contribution in [0.2, 0.25) is 0 Å². The Morgan fingerprint density at radius 2 is 1.00 bits per heavy atom. The van der Waals surface area contributed by atoms with Crippen LogP contribution in [0.3, 0.4) is 0 Å². The Balaban J connectivity index is -0.000000216. The molecule has 0 saturated carbocycles. The van der Waals surface area contributed by atoms with Crippen molar-refractivity contribution < 1.29 is 33.0 Å². The van der Waals surface area contributed by atoms with Crippen LogP contribution in [0.4, 0.5) is 0 Å². The molecular formula is C4H10Mg2N2O7P2. The molecule has 1 rings (SSSR count). The van der Waals surface area contributed by atoms with Crippen molar-refractivity contribution in [1.29, 1.82) is 0 Å². The SMILES string of the molecule is C1CNCCN1.O=P([O-])([O-])OP(=O)([O-])[O-].[Mg+2].[Mg+2]. The van der Waals surface area contributed by atoms with Gasteiger partial charge < -0.3 is 43.6 Å². The van der Waals surface area contributed by atoms with Gasteiger partial charge in [-0.15, -0.1) is 0 Å². The summed E-state index contributed by atoms with van der Waals surface area (Å²) in [6, 6.07) is 0. The van der Waals surface area contributed by atoms with Crippen molar-refractivity contribution in [3.8, 4) is 0 Å². The van der Waals surface area contributed by atoms with Crippen molar-refractivity contribution in [3.63, 3.8) is 0 Å². The van der Waals surface area contributed by atoms with Gasteiger partial charge in [0.05, 0.1) is 15.6 Å². The second-order valence-corrected chi connectivity index (χ2v) is 4.92. The van der Waals surface area contributed by atoms with E-state index in [1.807, 2.05) is 0 Å². The molecule has 0 aromatic heterocycles. The van der Waals surface area contributed by atoms with Gasteiger partial charge in [-0.25, -0.2) is 0 Å². The zero-order valence-corrected chi connectivity index (χ0v) is 13.6. The van der Waals surface area contributed by atoms with E-state index in [9.17, 15) is 28.7 Å². The van der Waals surface area contributed by atoms with Crippen molar-refractivity contribution in [2.24, 2.45) is 0 Å². The van der Waals surface area contributed by atoms with E-state index in [0.29, 0.717) is 0 Å². The Kier molecular flexibility index (Phi) is 16.1. The third kappa shape index (κ3) is 23.3. The normalized spacial score (nSPS) is 15.8. The number of nitrogens with one attached hydrogen (secondary N) is 2. The van der Waals surface area contributed by atoms with Crippen molar-refractivity contribution in [2.45, 2.75) is 0 Å². The molecular weight excluding hydrogens is 299 g/mol. The molecule has 0 atom stereocenters. The van der Waals surface area contributed by atoms with Crippen LogP contribution in [-0.2, 0) is 13.4 Å². The Bertz CT molecular complexity index is 233. The van der Waals surface area contributed by atoms with E-state index in [2.05, 4.69) is 14.9 Å². The summed E-state index contributed by atoms with van der Waals surface area (Å²) >= 11 is 0. The molecule has 2 N–H and O–H groups in total. The minimum atomic E-state index is -5.68. The van der Waals surface area contributed by atoms with Gasteiger partial charge in [0.25, 0.3) is 0 Å². The second kappa shape index (κ2) is 11.5. The van der Waals surface area contributed by atoms with Crippen LogP contribution in [0.1, 0.15) is 0 Å². The van der Waals surface area contributed by atoms with E-state index in [-0.39, 0.29) is 46.1 Å². The van der Waals surface area contributed by atoms with Crippen LogP contribution in [0.5, 0.6) is 0 Å². The predicted octanol–water partition coefficient (Wildman–Crippen LogP) is -4.92. The van der Waals surface area contributed by atoms with Crippen LogP contribution in [0.15, 0.2) is 0 Å². The van der Waals surface area contributed by atoms with Crippen LogP contribution in [0.25, 0.3) is 0 Å². The third-order valence-corrected chi connectivity index (χ3v) is 2.76. The maximum atomic E-state index is 9.32. The first-order chi connectivity index (χ1) is 6.71. The molecule has 0 bridgehead atoms. The molecule has 17 heavy (non-hydrogen) atoms. The first-order valence-corrected chi connectivity index (χ1v) is 6.80. The van der Waals surface area contributed by atoms with Crippen LogP contribution >= 0.6 is 15.6 Å². The van der Waals surface area contributed by atoms with Crippen molar-refractivity contribution in [3.05, 3.63) is 0 Å². The summed E-state index contributed by atoms with van der Waals surface area (Å²) in [5.74, 6) is 0. The Hall–Kier alpha value is 1.71. The van der Waals surface area contributed by atoms with Gasteiger partial charge in [0.1, 0.15) is 0 Å². The van der Waals surface area contributed by atoms with Crippen LogP contribution in [-0.4, -0.2) is 72.3 Å². The maximum absolute atomic E-state index is 9.32. The fraction of sp³-hybridized carbons (Fsp3) is 1.00. The van der Waals surface area contributed by atoms with Crippen LogP contribution in [0, 0.1) is 0 Å². The average Bonchev–Trinajstić information content (AvgIpc) is 2.01. The van der Waals surface area contributed by atoms with E-state index < -0.39 is 15.6 Å². The molecule has 0 aliphatic carbocycles. The number of piperazine rings is 1. The summed E-state index contributed by atoms with van der Waals surface area (Å²) in [7, 11) is -11.4. The monoisotopic (exact) mass is 308 g/mol. The molecule has 0 aromatic rings. The summed E-state index contributed by atoms with van der Waals surface area (Å²) in [5, 5.41) is 6.44. The molecule has 0 unspecified atom stereocenters. The van der Waals surface area contributed by atoms with E-state index in [4.69, 9.17) is 0 Å². The molecule has 0 amide bonds. The maximum Gasteiger partial charge on any atom is 2.00 e. The Morgan fingerprint density at radius 1 is 0.765 bits per heavy atom. The summed E-state index contributed by atoms with van der Waals surface area (Å²) < 4.78 is 21.2. The van der Waals surface area contributed by atoms with Gasteiger partial charge in [-0.1, -0.05) is 0 Å². The number of hydrogen-bond acceptors (Lipinski definition) is 9. The second-order valence-electron chi connectivity index (χ2n) is 2.48. The molecule has 0 spiro atoms. The van der Waals surface area contributed by atoms with Gasteiger partial charge in [-0.3, -0.25) is 0 Å². The zero-order chi connectivity index (χ0) is 11.9. The van der Waals surface area contributed by atoms with Crippen molar-refractivity contribution in [2.75, 3.05) is 26.2 Å². The summed E-state index contributed by atoms with van der Waals surface area (Å²) in [6.45, 7) is 4.56. The fourth-order valence-electron chi connectivity index (χ4n) is 0.726. The molecule has 1 fully saturated rings. The van der Waals surface area contributed by atoms with E-state index in [1.54, 1.807) is 0 Å². The predicted molar refractivity (Wildman–Crippen MR) is 53.5 cm³/mol. The molecule has 9 nitrogen and oxygen atoms in total. The van der Waals surface area contributed by atoms with Crippen molar-refractivity contribution >= 4 is 61.8 Å². The first-order valence-electron chi connectivity index (χ1n) is 3.87.